The molecule has 0 saturated carbocycles. The van der Waals surface area contributed by atoms with Crippen LogP contribution in [0.5, 0.6) is 11.5 Å². The number of aromatic hydroxyl groups is 1. The lowest BCUT2D eigenvalue weighted by atomic mass is 10.1. The van der Waals surface area contributed by atoms with Crippen molar-refractivity contribution in [3.8, 4) is 11.5 Å². The second-order valence-electron chi connectivity index (χ2n) is 4.05. The van der Waals surface area contributed by atoms with Crippen molar-refractivity contribution >= 4 is 5.97 Å². The van der Waals surface area contributed by atoms with Crippen LogP contribution in [0, 0.1) is 6.92 Å². The molecular formula is C12H16O4. The average Bonchev–Trinajstić information content (AvgIpc) is 2.21. The van der Waals surface area contributed by atoms with Gasteiger partial charge in [0.05, 0.1) is 7.11 Å². The molecule has 1 rings (SSSR count). The third-order valence-electron chi connectivity index (χ3n) is 2.20. The smallest absolute Gasteiger partial charge is 0.349 e. The fourth-order valence-corrected chi connectivity index (χ4v) is 1.31. The van der Waals surface area contributed by atoms with E-state index < -0.39 is 11.6 Å². The number of esters is 1. The van der Waals surface area contributed by atoms with E-state index in [0.717, 1.165) is 5.56 Å². The zero-order valence-corrected chi connectivity index (χ0v) is 9.90. The van der Waals surface area contributed by atoms with Crippen molar-refractivity contribution in [1.29, 1.82) is 0 Å². The van der Waals surface area contributed by atoms with Gasteiger partial charge in [-0.25, -0.2) is 4.79 Å². The standard InChI is InChI=1S/C12H16O4/c1-8-7-9(13)5-6-10(8)16-12(2,3)11(14)15-4/h5-7,13H,1-4H3. The minimum atomic E-state index is -1.05. The van der Waals surface area contributed by atoms with Gasteiger partial charge >= 0.3 is 5.97 Å². The number of carbonyl (C=O) groups excluding carboxylic acids is 1. The first kappa shape index (κ1) is 12.4. The summed E-state index contributed by atoms with van der Waals surface area (Å²) < 4.78 is 10.2. The lowest BCUT2D eigenvalue weighted by Crippen LogP contribution is -2.39. The van der Waals surface area contributed by atoms with Crippen LogP contribution in [-0.2, 0) is 9.53 Å². The van der Waals surface area contributed by atoms with Crippen LogP contribution < -0.4 is 4.74 Å². The summed E-state index contributed by atoms with van der Waals surface area (Å²) in [5, 5.41) is 9.24. The van der Waals surface area contributed by atoms with Crippen molar-refractivity contribution in [3.63, 3.8) is 0 Å². The quantitative estimate of drug-likeness (QED) is 0.798. The Bertz CT molecular complexity index is 396. The van der Waals surface area contributed by atoms with Gasteiger partial charge in [-0.3, -0.25) is 0 Å². The van der Waals surface area contributed by atoms with Crippen molar-refractivity contribution in [2.24, 2.45) is 0 Å². The summed E-state index contributed by atoms with van der Waals surface area (Å²) in [6.07, 6.45) is 0. The number of hydrogen-bond acceptors (Lipinski definition) is 4. The van der Waals surface area contributed by atoms with Crippen LogP contribution >= 0.6 is 0 Å². The molecule has 1 N–H and O–H groups in total. The number of benzene rings is 1. The van der Waals surface area contributed by atoms with Crippen molar-refractivity contribution in [1.82, 2.24) is 0 Å². The summed E-state index contributed by atoms with van der Waals surface area (Å²) >= 11 is 0. The molecule has 0 spiro atoms. The molecule has 0 radical (unpaired) electrons. The highest BCUT2D eigenvalue weighted by Gasteiger charge is 2.31. The monoisotopic (exact) mass is 224 g/mol. The first-order valence-electron chi connectivity index (χ1n) is 4.94. The Morgan fingerprint density at radius 3 is 2.50 bits per heavy atom. The van der Waals surface area contributed by atoms with Gasteiger partial charge in [0, 0.05) is 0 Å². The minimum absolute atomic E-state index is 0.167. The fourth-order valence-electron chi connectivity index (χ4n) is 1.31. The van der Waals surface area contributed by atoms with E-state index >= 15 is 0 Å². The first-order chi connectivity index (χ1) is 7.36. The van der Waals surface area contributed by atoms with Gasteiger partial charge in [0.25, 0.3) is 0 Å². The van der Waals surface area contributed by atoms with Gasteiger partial charge in [-0.15, -0.1) is 0 Å². The number of phenols is 1. The molecule has 0 aliphatic heterocycles. The number of rotatable bonds is 3. The highest BCUT2D eigenvalue weighted by molar-refractivity contribution is 5.78. The molecule has 0 fully saturated rings. The van der Waals surface area contributed by atoms with Gasteiger partial charge in [0.15, 0.2) is 5.60 Å². The van der Waals surface area contributed by atoms with E-state index in [-0.39, 0.29) is 5.75 Å². The van der Waals surface area contributed by atoms with Crippen LogP contribution in [0.2, 0.25) is 0 Å². The summed E-state index contributed by atoms with van der Waals surface area (Å²) in [6, 6.07) is 4.70. The topological polar surface area (TPSA) is 55.8 Å². The number of phenolic OH excluding ortho intramolecular Hbond substituents is 1. The second-order valence-corrected chi connectivity index (χ2v) is 4.05. The molecule has 0 bridgehead atoms. The van der Waals surface area contributed by atoms with Crippen LogP contribution in [0.4, 0.5) is 0 Å². The second kappa shape index (κ2) is 4.43. The molecule has 1 aromatic carbocycles. The van der Waals surface area contributed by atoms with E-state index in [1.807, 2.05) is 0 Å². The number of hydrogen-bond donors (Lipinski definition) is 1. The van der Waals surface area contributed by atoms with Crippen molar-refractivity contribution in [3.05, 3.63) is 23.8 Å². The van der Waals surface area contributed by atoms with Gasteiger partial charge in [-0.1, -0.05) is 0 Å². The van der Waals surface area contributed by atoms with Gasteiger partial charge in [0.2, 0.25) is 0 Å². The summed E-state index contributed by atoms with van der Waals surface area (Å²) in [4.78, 5) is 11.4. The predicted molar refractivity (Wildman–Crippen MR) is 59.6 cm³/mol. The highest BCUT2D eigenvalue weighted by atomic mass is 16.6. The molecular weight excluding hydrogens is 208 g/mol. The molecule has 0 saturated heterocycles. The fraction of sp³-hybridized carbons (Fsp3) is 0.417. The molecule has 88 valence electrons. The lowest BCUT2D eigenvalue weighted by molar-refractivity contribution is -0.156. The largest absolute Gasteiger partial charge is 0.508 e. The zero-order chi connectivity index (χ0) is 12.3. The minimum Gasteiger partial charge on any atom is -0.508 e. The van der Waals surface area contributed by atoms with Gasteiger partial charge < -0.3 is 14.6 Å². The normalized spacial score (nSPS) is 11.0. The maximum Gasteiger partial charge on any atom is 0.349 e. The van der Waals surface area contributed by atoms with E-state index in [2.05, 4.69) is 4.74 Å². The molecule has 1 aromatic rings. The molecule has 0 atom stereocenters. The molecule has 0 heterocycles. The molecule has 16 heavy (non-hydrogen) atoms. The summed E-state index contributed by atoms with van der Waals surface area (Å²) in [7, 11) is 1.32. The Labute approximate surface area is 94.8 Å². The van der Waals surface area contributed by atoms with Crippen LogP contribution in [-0.4, -0.2) is 23.8 Å². The Morgan fingerprint density at radius 2 is 2.00 bits per heavy atom. The van der Waals surface area contributed by atoms with Gasteiger partial charge in [-0.2, -0.15) is 0 Å². The van der Waals surface area contributed by atoms with Crippen LogP contribution in [0.1, 0.15) is 19.4 Å². The molecule has 0 aliphatic carbocycles. The number of carbonyl (C=O) groups is 1. The molecule has 0 amide bonds. The Balaban J connectivity index is 2.92. The van der Waals surface area contributed by atoms with E-state index in [1.165, 1.54) is 13.2 Å². The third-order valence-corrected chi connectivity index (χ3v) is 2.20. The van der Waals surface area contributed by atoms with Gasteiger partial charge in [-0.05, 0) is 44.5 Å². The maximum absolute atomic E-state index is 11.4. The third kappa shape index (κ3) is 2.66. The molecule has 0 unspecified atom stereocenters. The number of ether oxygens (including phenoxy) is 2. The summed E-state index contributed by atoms with van der Waals surface area (Å²) in [5.74, 6) is 0.272. The highest BCUT2D eigenvalue weighted by Crippen LogP contribution is 2.26. The Morgan fingerprint density at radius 1 is 1.38 bits per heavy atom. The van der Waals surface area contributed by atoms with E-state index in [0.29, 0.717) is 5.75 Å². The Kier molecular flexibility index (Phi) is 3.42. The van der Waals surface area contributed by atoms with Crippen LogP contribution in [0.3, 0.4) is 0 Å². The lowest BCUT2D eigenvalue weighted by Gasteiger charge is -2.24. The zero-order valence-electron chi connectivity index (χ0n) is 9.90. The van der Waals surface area contributed by atoms with Crippen molar-refractivity contribution in [2.45, 2.75) is 26.4 Å². The van der Waals surface area contributed by atoms with E-state index in [1.54, 1.807) is 32.9 Å². The van der Waals surface area contributed by atoms with Gasteiger partial charge in [0.1, 0.15) is 11.5 Å². The van der Waals surface area contributed by atoms with E-state index in [9.17, 15) is 9.90 Å². The Hall–Kier alpha value is -1.71. The molecule has 0 aliphatic rings. The maximum atomic E-state index is 11.4. The van der Waals surface area contributed by atoms with Crippen molar-refractivity contribution < 1.29 is 19.4 Å². The molecule has 4 nitrogen and oxygen atoms in total. The van der Waals surface area contributed by atoms with Crippen LogP contribution in [0.15, 0.2) is 18.2 Å². The summed E-state index contributed by atoms with van der Waals surface area (Å²) in [5.41, 5.74) is -0.284. The average molecular weight is 224 g/mol. The predicted octanol–water partition coefficient (Wildman–Crippen LogP) is 2.03. The number of methoxy groups -OCH3 is 1. The van der Waals surface area contributed by atoms with Crippen molar-refractivity contribution in [2.75, 3.05) is 7.11 Å². The van der Waals surface area contributed by atoms with Crippen LogP contribution in [0.25, 0.3) is 0 Å². The molecule has 4 heteroatoms. The van der Waals surface area contributed by atoms with E-state index in [4.69, 9.17) is 4.74 Å². The molecule has 0 aromatic heterocycles. The SMILES string of the molecule is COC(=O)C(C)(C)Oc1ccc(O)cc1C. The number of aryl methyl sites for hydroxylation is 1. The first-order valence-corrected chi connectivity index (χ1v) is 4.94. The summed E-state index contributed by atoms with van der Waals surface area (Å²) in [6.45, 7) is 5.05.